The van der Waals surface area contributed by atoms with Gasteiger partial charge in [0.1, 0.15) is 5.54 Å². The highest BCUT2D eigenvalue weighted by Crippen LogP contribution is 2.29. The van der Waals surface area contributed by atoms with Gasteiger partial charge in [-0.25, -0.2) is 8.42 Å². The van der Waals surface area contributed by atoms with Gasteiger partial charge in [0.15, 0.2) is 0 Å². The molecule has 0 radical (unpaired) electrons. The largest absolute Gasteiger partial charge is 0.480 e. The molecule has 0 spiro atoms. The Balaban J connectivity index is 2.87. The Morgan fingerprint density at radius 3 is 2.27 bits per heavy atom. The second-order valence-electron chi connectivity index (χ2n) is 3.95. The van der Waals surface area contributed by atoms with Crippen LogP contribution in [0.3, 0.4) is 0 Å². The molecule has 0 aliphatic heterocycles. The van der Waals surface area contributed by atoms with Gasteiger partial charge in [0.2, 0.25) is 10.0 Å². The van der Waals surface area contributed by atoms with Crippen molar-refractivity contribution in [1.29, 1.82) is 0 Å². The lowest BCUT2D eigenvalue weighted by atomic mass is 9.83. The molecule has 0 aromatic carbocycles. The molecule has 2 N–H and O–H groups in total. The normalized spacial score (nSPS) is 21.1. The van der Waals surface area contributed by atoms with Gasteiger partial charge in [-0.05, 0) is 19.8 Å². The molecule has 0 aromatic rings. The number of carbonyl (C=O) groups is 1. The maximum Gasteiger partial charge on any atom is 0.324 e. The SMILES string of the molecule is CCS(=O)(=O)NC1(C(=O)O)CCCCC1. The Hall–Kier alpha value is -0.620. The van der Waals surface area contributed by atoms with Crippen LogP contribution in [-0.2, 0) is 14.8 Å². The molecule has 1 saturated carbocycles. The quantitative estimate of drug-likeness (QED) is 0.751. The number of sulfonamides is 1. The second-order valence-corrected chi connectivity index (χ2v) is 5.96. The van der Waals surface area contributed by atoms with Crippen molar-refractivity contribution in [2.45, 2.75) is 44.6 Å². The van der Waals surface area contributed by atoms with Crippen LogP contribution >= 0.6 is 0 Å². The summed E-state index contributed by atoms with van der Waals surface area (Å²) in [6, 6.07) is 0. The molecule has 0 atom stereocenters. The van der Waals surface area contributed by atoms with E-state index in [4.69, 9.17) is 5.11 Å². The van der Waals surface area contributed by atoms with Crippen LogP contribution in [0.1, 0.15) is 39.0 Å². The van der Waals surface area contributed by atoms with E-state index in [1.165, 1.54) is 6.92 Å². The summed E-state index contributed by atoms with van der Waals surface area (Å²) in [7, 11) is -3.45. The summed E-state index contributed by atoms with van der Waals surface area (Å²) >= 11 is 0. The van der Waals surface area contributed by atoms with Gasteiger partial charge >= 0.3 is 5.97 Å². The van der Waals surface area contributed by atoms with Crippen molar-refractivity contribution >= 4 is 16.0 Å². The molecule has 6 heteroatoms. The van der Waals surface area contributed by atoms with Gasteiger partial charge in [-0.3, -0.25) is 4.79 Å². The Labute approximate surface area is 89.9 Å². The summed E-state index contributed by atoms with van der Waals surface area (Å²) in [5.74, 6) is -1.14. The Morgan fingerprint density at radius 2 is 1.87 bits per heavy atom. The van der Waals surface area contributed by atoms with Gasteiger partial charge < -0.3 is 5.11 Å². The number of aliphatic carboxylic acids is 1. The number of hydrogen-bond donors (Lipinski definition) is 2. The molecule has 0 amide bonds. The zero-order chi connectivity index (χ0) is 11.5. The number of carboxylic acids is 1. The smallest absolute Gasteiger partial charge is 0.324 e. The minimum Gasteiger partial charge on any atom is -0.480 e. The molecule has 1 rings (SSSR count). The number of hydrogen-bond acceptors (Lipinski definition) is 3. The topological polar surface area (TPSA) is 83.5 Å². The van der Waals surface area contributed by atoms with E-state index in [9.17, 15) is 13.2 Å². The van der Waals surface area contributed by atoms with Crippen molar-refractivity contribution < 1.29 is 18.3 Å². The third kappa shape index (κ3) is 2.92. The summed E-state index contributed by atoms with van der Waals surface area (Å²) in [6.07, 6.45) is 3.28. The molecular weight excluding hydrogens is 218 g/mol. The zero-order valence-corrected chi connectivity index (χ0v) is 9.64. The van der Waals surface area contributed by atoms with E-state index in [1.54, 1.807) is 0 Å². The van der Waals surface area contributed by atoms with Crippen molar-refractivity contribution in [2.75, 3.05) is 5.75 Å². The molecule has 1 fully saturated rings. The fraction of sp³-hybridized carbons (Fsp3) is 0.889. The van der Waals surface area contributed by atoms with Crippen molar-refractivity contribution in [3.8, 4) is 0 Å². The minimum atomic E-state index is -3.45. The first-order valence-electron chi connectivity index (χ1n) is 5.17. The molecule has 0 heterocycles. The van der Waals surface area contributed by atoms with Gasteiger partial charge in [-0.1, -0.05) is 19.3 Å². The van der Waals surface area contributed by atoms with E-state index >= 15 is 0 Å². The van der Waals surface area contributed by atoms with Crippen molar-refractivity contribution in [1.82, 2.24) is 4.72 Å². The lowest BCUT2D eigenvalue weighted by molar-refractivity contribution is -0.145. The van der Waals surface area contributed by atoms with E-state index < -0.39 is 21.5 Å². The molecule has 0 bridgehead atoms. The first-order chi connectivity index (χ1) is 6.92. The third-order valence-electron chi connectivity index (χ3n) is 2.85. The molecular formula is C9H17NO4S. The summed E-state index contributed by atoms with van der Waals surface area (Å²) in [4.78, 5) is 11.1. The Morgan fingerprint density at radius 1 is 1.33 bits per heavy atom. The Bertz CT molecular complexity index is 330. The summed E-state index contributed by atoms with van der Waals surface area (Å²) in [5.41, 5.74) is -1.26. The third-order valence-corrected chi connectivity index (χ3v) is 4.31. The van der Waals surface area contributed by atoms with E-state index in [2.05, 4.69) is 4.72 Å². The molecule has 1 aliphatic rings. The number of rotatable bonds is 4. The summed E-state index contributed by atoms with van der Waals surface area (Å²) in [6.45, 7) is 1.50. The van der Waals surface area contributed by atoms with Gasteiger partial charge in [0.25, 0.3) is 0 Å². The standard InChI is InChI=1S/C9H17NO4S/c1-2-15(13,14)10-9(8(11)12)6-4-3-5-7-9/h10H,2-7H2,1H3,(H,11,12). The van der Waals surface area contributed by atoms with Gasteiger partial charge in [0, 0.05) is 0 Å². The van der Waals surface area contributed by atoms with E-state index in [0.717, 1.165) is 19.3 Å². The van der Waals surface area contributed by atoms with Gasteiger partial charge in [-0.15, -0.1) is 0 Å². The van der Waals surface area contributed by atoms with Gasteiger partial charge in [-0.2, -0.15) is 4.72 Å². The minimum absolute atomic E-state index is 0.0813. The fourth-order valence-corrected chi connectivity index (χ4v) is 2.92. The second kappa shape index (κ2) is 4.49. The molecule has 0 aromatic heterocycles. The maximum absolute atomic E-state index is 11.4. The van der Waals surface area contributed by atoms with Crippen LogP contribution in [-0.4, -0.2) is 30.8 Å². The van der Waals surface area contributed by atoms with Crippen LogP contribution in [0, 0.1) is 0 Å². The molecule has 1 aliphatic carbocycles. The first kappa shape index (κ1) is 12.4. The summed E-state index contributed by atoms with van der Waals surface area (Å²) in [5, 5.41) is 9.12. The molecule has 15 heavy (non-hydrogen) atoms. The first-order valence-corrected chi connectivity index (χ1v) is 6.82. The molecule has 0 unspecified atom stereocenters. The van der Waals surface area contributed by atoms with E-state index in [0.29, 0.717) is 12.8 Å². The van der Waals surface area contributed by atoms with E-state index in [-0.39, 0.29) is 5.75 Å². The maximum atomic E-state index is 11.4. The van der Waals surface area contributed by atoms with Gasteiger partial charge in [0.05, 0.1) is 5.75 Å². The van der Waals surface area contributed by atoms with Crippen molar-refractivity contribution in [3.63, 3.8) is 0 Å². The summed E-state index contributed by atoms with van der Waals surface area (Å²) < 4.78 is 25.1. The lowest BCUT2D eigenvalue weighted by Gasteiger charge is -2.33. The highest BCUT2D eigenvalue weighted by Gasteiger charge is 2.42. The molecule has 0 saturated heterocycles. The predicted octanol–water partition coefficient (Wildman–Crippen LogP) is 0.713. The monoisotopic (exact) mass is 235 g/mol. The van der Waals surface area contributed by atoms with Crippen LogP contribution in [0.15, 0.2) is 0 Å². The van der Waals surface area contributed by atoms with E-state index in [1.807, 2.05) is 0 Å². The molecule has 5 nitrogen and oxygen atoms in total. The lowest BCUT2D eigenvalue weighted by Crippen LogP contribution is -2.55. The highest BCUT2D eigenvalue weighted by atomic mass is 32.2. The average molecular weight is 235 g/mol. The van der Waals surface area contributed by atoms with Crippen LogP contribution in [0.4, 0.5) is 0 Å². The predicted molar refractivity (Wildman–Crippen MR) is 56.0 cm³/mol. The van der Waals surface area contributed by atoms with Crippen molar-refractivity contribution in [2.24, 2.45) is 0 Å². The number of carboxylic acid groups (broad SMARTS) is 1. The van der Waals surface area contributed by atoms with Crippen LogP contribution < -0.4 is 4.72 Å². The van der Waals surface area contributed by atoms with Crippen LogP contribution in [0.5, 0.6) is 0 Å². The highest BCUT2D eigenvalue weighted by molar-refractivity contribution is 7.89. The van der Waals surface area contributed by atoms with Crippen LogP contribution in [0.25, 0.3) is 0 Å². The van der Waals surface area contributed by atoms with Crippen molar-refractivity contribution in [3.05, 3.63) is 0 Å². The Kier molecular flexibility index (Phi) is 3.72. The zero-order valence-electron chi connectivity index (χ0n) is 8.82. The molecule has 88 valence electrons. The average Bonchev–Trinajstić information content (AvgIpc) is 2.18. The fourth-order valence-electron chi connectivity index (χ4n) is 1.88. The number of nitrogens with one attached hydrogen (secondary N) is 1. The van der Waals surface area contributed by atoms with Crippen LogP contribution in [0.2, 0.25) is 0 Å².